The maximum absolute atomic E-state index is 13.7. The molecule has 3 heterocycles. The van der Waals surface area contributed by atoms with Crippen LogP contribution in [0.1, 0.15) is 48.0 Å². The van der Waals surface area contributed by atoms with Crippen molar-refractivity contribution in [2.75, 3.05) is 18.6 Å². The zero-order chi connectivity index (χ0) is 24.7. The number of benzene rings is 2. The number of carbonyl (C=O) groups excluding carboxylic acids is 1. The summed E-state index contributed by atoms with van der Waals surface area (Å²) in [6.45, 7) is 4.84. The molecule has 1 aliphatic rings. The molecule has 2 aromatic heterocycles. The van der Waals surface area contributed by atoms with E-state index in [-0.39, 0.29) is 16.8 Å². The number of rotatable bonds is 7. The third-order valence-electron chi connectivity index (χ3n) is 5.91. The molecule has 7 nitrogen and oxygen atoms in total. The van der Waals surface area contributed by atoms with Crippen LogP contribution in [-0.4, -0.2) is 24.6 Å². The highest BCUT2D eigenvalue weighted by atomic mass is 79.9. The molecule has 1 aliphatic heterocycles. The van der Waals surface area contributed by atoms with Crippen molar-refractivity contribution < 1.29 is 18.7 Å². The summed E-state index contributed by atoms with van der Waals surface area (Å²) in [6, 6.07) is 9.92. The van der Waals surface area contributed by atoms with Gasteiger partial charge in [-0.15, -0.1) is 11.3 Å². The molecule has 35 heavy (non-hydrogen) atoms. The molecule has 0 aliphatic carbocycles. The van der Waals surface area contributed by atoms with Gasteiger partial charge >= 0.3 is 0 Å². The van der Waals surface area contributed by atoms with Gasteiger partial charge in [0.25, 0.3) is 5.91 Å². The van der Waals surface area contributed by atoms with E-state index in [2.05, 4.69) is 34.8 Å². The van der Waals surface area contributed by atoms with E-state index in [4.69, 9.17) is 13.9 Å². The first-order valence-corrected chi connectivity index (χ1v) is 12.9. The number of halogens is 1. The van der Waals surface area contributed by atoms with Crippen LogP contribution in [0, 0.1) is 5.92 Å². The Morgan fingerprint density at radius 3 is 2.71 bits per heavy atom. The summed E-state index contributed by atoms with van der Waals surface area (Å²) >= 11 is 4.74. The predicted molar refractivity (Wildman–Crippen MR) is 139 cm³/mol. The van der Waals surface area contributed by atoms with E-state index in [0.717, 1.165) is 10.9 Å². The van der Waals surface area contributed by atoms with Crippen molar-refractivity contribution in [3.05, 3.63) is 79.6 Å². The molecule has 0 fully saturated rings. The summed E-state index contributed by atoms with van der Waals surface area (Å²) in [6.07, 6.45) is 2.54. The van der Waals surface area contributed by atoms with Crippen LogP contribution in [0.15, 0.2) is 61.7 Å². The molecule has 2 aromatic carbocycles. The minimum absolute atomic E-state index is 0.0289. The van der Waals surface area contributed by atoms with Gasteiger partial charge in [0, 0.05) is 16.0 Å². The fourth-order valence-electron chi connectivity index (χ4n) is 4.17. The van der Waals surface area contributed by atoms with E-state index in [9.17, 15) is 9.59 Å². The quantitative estimate of drug-likeness (QED) is 0.270. The summed E-state index contributed by atoms with van der Waals surface area (Å²) in [7, 11) is 1.57. The molecule has 0 radical (unpaired) electrons. The van der Waals surface area contributed by atoms with Gasteiger partial charge in [0.1, 0.15) is 5.58 Å². The summed E-state index contributed by atoms with van der Waals surface area (Å²) in [4.78, 5) is 33.1. The SMILES string of the molecule is COc1cc(C2c3c(oc4ccc(Br)cc4c3=O)C(=O)N2c2nccs2)ccc1OCCC(C)C. The lowest BCUT2D eigenvalue weighted by atomic mass is 9.98. The molecule has 0 N–H and O–H groups in total. The molecule has 0 bridgehead atoms. The zero-order valence-electron chi connectivity index (χ0n) is 19.4. The Morgan fingerprint density at radius 1 is 1.17 bits per heavy atom. The fourth-order valence-corrected chi connectivity index (χ4v) is 5.20. The maximum Gasteiger partial charge on any atom is 0.297 e. The summed E-state index contributed by atoms with van der Waals surface area (Å²) in [5, 5.41) is 2.67. The Morgan fingerprint density at radius 2 is 2.00 bits per heavy atom. The minimum Gasteiger partial charge on any atom is -0.493 e. The minimum atomic E-state index is -0.720. The summed E-state index contributed by atoms with van der Waals surface area (Å²) < 4.78 is 18.3. The molecule has 0 spiro atoms. The number of fused-ring (bicyclic) bond motifs is 2. The first-order chi connectivity index (χ1) is 16.9. The average molecular weight is 555 g/mol. The average Bonchev–Trinajstić information content (AvgIpc) is 3.46. The molecular formula is C26H23BrN2O5S. The number of thiazole rings is 1. The van der Waals surface area contributed by atoms with Gasteiger partial charge in [-0.25, -0.2) is 4.98 Å². The lowest BCUT2D eigenvalue weighted by molar-refractivity contribution is 0.0971. The first-order valence-electron chi connectivity index (χ1n) is 11.2. The Hall–Kier alpha value is -3.17. The van der Waals surface area contributed by atoms with Gasteiger partial charge in [0.2, 0.25) is 5.76 Å². The lowest BCUT2D eigenvalue weighted by Crippen LogP contribution is -2.29. The molecule has 1 unspecified atom stereocenters. The van der Waals surface area contributed by atoms with Crippen molar-refractivity contribution in [1.29, 1.82) is 0 Å². The Labute approximate surface area is 214 Å². The van der Waals surface area contributed by atoms with Crippen molar-refractivity contribution in [2.45, 2.75) is 26.3 Å². The van der Waals surface area contributed by atoms with Crippen LogP contribution < -0.4 is 19.8 Å². The first kappa shape index (κ1) is 23.6. The Bertz CT molecular complexity index is 1460. The van der Waals surface area contributed by atoms with Crippen LogP contribution in [0.3, 0.4) is 0 Å². The monoisotopic (exact) mass is 554 g/mol. The molecule has 180 valence electrons. The van der Waals surface area contributed by atoms with Gasteiger partial charge in [0.05, 0.1) is 30.7 Å². The van der Waals surface area contributed by atoms with Crippen LogP contribution in [0.25, 0.3) is 11.0 Å². The van der Waals surface area contributed by atoms with Gasteiger partial charge < -0.3 is 13.9 Å². The van der Waals surface area contributed by atoms with Crippen LogP contribution >= 0.6 is 27.3 Å². The largest absolute Gasteiger partial charge is 0.493 e. The summed E-state index contributed by atoms with van der Waals surface area (Å²) in [5.74, 6) is 1.28. The highest BCUT2D eigenvalue weighted by Crippen LogP contribution is 2.43. The zero-order valence-corrected chi connectivity index (χ0v) is 21.8. The van der Waals surface area contributed by atoms with E-state index in [1.54, 1.807) is 36.9 Å². The number of carbonyl (C=O) groups is 1. The number of aromatic nitrogens is 1. The van der Waals surface area contributed by atoms with Gasteiger partial charge in [-0.05, 0) is 48.2 Å². The smallest absolute Gasteiger partial charge is 0.297 e. The summed E-state index contributed by atoms with van der Waals surface area (Å²) in [5.41, 5.74) is 1.08. The van der Waals surface area contributed by atoms with E-state index < -0.39 is 11.9 Å². The standard InChI is InChI=1S/C26H23BrN2O5S/c1-14(2)8-10-33-19-6-4-15(12-20(19)32-3)22-21-23(30)17-13-16(27)5-7-18(17)34-24(21)25(31)29(22)26-28-9-11-35-26/h4-7,9,11-14,22H,8,10H2,1-3H3. The molecule has 0 saturated carbocycles. The maximum atomic E-state index is 13.7. The fraction of sp³-hybridized carbons (Fsp3) is 0.269. The van der Waals surface area contributed by atoms with Crippen LogP contribution in [-0.2, 0) is 0 Å². The highest BCUT2D eigenvalue weighted by Gasteiger charge is 2.45. The molecule has 1 atom stereocenters. The number of hydrogen-bond donors (Lipinski definition) is 0. The molecular weight excluding hydrogens is 532 g/mol. The third-order valence-corrected chi connectivity index (χ3v) is 7.18. The highest BCUT2D eigenvalue weighted by molar-refractivity contribution is 9.10. The van der Waals surface area contributed by atoms with Gasteiger partial charge in [-0.1, -0.05) is 35.8 Å². The van der Waals surface area contributed by atoms with Gasteiger partial charge in [-0.2, -0.15) is 0 Å². The Kier molecular flexibility index (Phi) is 6.37. The van der Waals surface area contributed by atoms with E-state index in [0.29, 0.717) is 45.7 Å². The van der Waals surface area contributed by atoms with E-state index in [1.807, 2.05) is 18.2 Å². The van der Waals surface area contributed by atoms with Crippen molar-refractivity contribution in [3.8, 4) is 11.5 Å². The number of hydrogen-bond acceptors (Lipinski definition) is 7. The van der Waals surface area contributed by atoms with E-state index in [1.165, 1.54) is 16.2 Å². The van der Waals surface area contributed by atoms with Crippen LogP contribution in [0.5, 0.6) is 11.5 Å². The second-order valence-corrected chi connectivity index (χ2v) is 10.4. The number of amides is 1. The molecule has 4 aromatic rings. The van der Waals surface area contributed by atoms with Crippen molar-refractivity contribution in [2.24, 2.45) is 5.92 Å². The van der Waals surface area contributed by atoms with Crippen molar-refractivity contribution in [1.82, 2.24) is 4.98 Å². The van der Waals surface area contributed by atoms with Gasteiger partial charge in [0.15, 0.2) is 22.1 Å². The molecule has 5 rings (SSSR count). The predicted octanol–water partition coefficient (Wildman–Crippen LogP) is 6.20. The lowest BCUT2D eigenvalue weighted by Gasteiger charge is -2.23. The number of nitrogens with zero attached hydrogens (tertiary/aromatic N) is 2. The molecule has 1 amide bonds. The Balaban J connectivity index is 1.67. The van der Waals surface area contributed by atoms with Gasteiger partial charge in [-0.3, -0.25) is 14.5 Å². The third kappa shape index (κ3) is 4.23. The topological polar surface area (TPSA) is 81.9 Å². The second-order valence-electron chi connectivity index (χ2n) is 8.65. The molecule has 0 saturated heterocycles. The van der Waals surface area contributed by atoms with Crippen LogP contribution in [0.4, 0.5) is 5.13 Å². The number of methoxy groups -OCH3 is 1. The number of anilines is 1. The van der Waals surface area contributed by atoms with Crippen molar-refractivity contribution in [3.63, 3.8) is 0 Å². The molecule has 9 heteroatoms. The normalized spacial score (nSPS) is 15.2. The second kappa shape index (κ2) is 9.47. The van der Waals surface area contributed by atoms with Crippen molar-refractivity contribution >= 4 is 49.3 Å². The van der Waals surface area contributed by atoms with Crippen LogP contribution in [0.2, 0.25) is 0 Å². The van der Waals surface area contributed by atoms with E-state index >= 15 is 0 Å². The number of ether oxygens (including phenoxy) is 2.